The Bertz CT molecular complexity index is 402. The predicted molar refractivity (Wildman–Crippen MR) is 68.2 cm³/mol. The standard InChI is InChI=1S/C12H19FN4O/c1-3-10-8(4-5-18-10)6-15-11-9(13)7-16-12(14-2)17-11/h7-8,10H,3-6H2,1-2H3,(H2,14,15,16,17). The first-order chi connectivity index (χ1) is 8.74. The van der Waals surface area contributed by atoms with Crippen molar-refractivity contribution in [2.45, 2.75) is 25.9 Å². The molecule has 1 saturated heterocycles. The Morgan fingerprint density at radius 2 is 2.39 bits per heavy atom. The molecule has 18 heavy (non-hydrogen) atoms. The van der Waals surface area contributed by atoms with E-state index in [-0.39, 0.29) is 11.9 Å². The zero-order valence-electron chi connectivity index (χ0n) is 10.7. The Labute approximate surface area is 106 Å². The summed E-state index contributed by atoms with van der Waals surface area (Å²) in [6.07, 6.45) is 3.44. The molecule has 6 heteroatoms. The maximum absolute atomic E-state index is 13.5. The molecular formula is C12H19FN4O. The Kier molecular flexibility index (Phi) is 4.30. The fraction of sp³-hybridized carbons (Fsp3) is 0.667. The summed E-state index contributed by atoms with van der Waals surface area (Å²) in [5.74, 6) is 0.646. The quantitative estimate of drug-likeness (QED) is 0.840. The summed E-state index contributed by atoms with van der Waals surface area (Å²) in [6.45, 7) is 3.57. The molecule has 0 bridgehead atoms. The van der Waals surface area contributed by atoms with Crippen LogP contribution in [0, 0.1) is 11.7 Å². The van der Waals surface area contributed by atoms with E-state index in [4.69, 9.17) is 4.74 Å². The first-order valence-corrected chi connectivity index (χ1v) is 6.30. The van der Waals surface area contributed by atoms with Gasteiger partial charge in [-0.25, -0.2) is 9.37 Å². The third-order valence-electron chi connectivity index (χ3n) is 3.25. The van der Waals surface area contributed by atoms with E-state index in [1.165, 1.54) is 6.20 Å². The number of anilines is 2. The lowest BCUT2D eigenvalue weighted by Gasteiger charge is -2.17. The minimum atomic E-state index is -0.430. The second-order valence-corrected chi connectivity index (χ2v) is 4.39. The molecule has 0 spiro atoms. The smallest absolute Gasteiger partial charge is 0.224 e. The van der Waals surface area contributed by atoms with Crippen molar-refractivity contribution in [3.05, 3.63) is 12.0 Å². The van der Waals surface area contributed by atoms with Crippen molar-refractivity contribution in [2.24, 2.45) is 5.92 Å². The summed E-state index contributed by atoms with van der Waals surface area (Å²) in [7, 11) is 1.70. The van der Waals surface area contributed by atoms with E-state index < -0.39 is 5.82 Å². The molecule has 1 aliphatic heterocycles. The fourth-order valence-corrected chi connectivity index (χ4v) is 2.22. The molecule has 0 amide bonds. The van der Waals surface area contributed by atoms with Gasteiger partial charge in [0.15, 0.2) is 11.6 Å². The number of rotatable bonds is 5. The lowest BCUT2D eigenvalue weighted by atomic mass is 10.00. The normalized spacial score (nSPS) is 23.1. The lowest BCUT2D eigenvalue weighted by Crippen LogP contribution is -2.23. The monoisotopic (exact) mass is 254 g/mol. The highest BCUT2D eigenvalue weighted by atomic mass is 19.1. The van der Waals surface area contributed by atoms with Crippen molar-refractivity contribution in [1.82, 2.24) is 9.97 Å². The zero-order chi connectivity index (χ0) is 13.0. The minimum Gasteiger partial charge on any atom is -0.378 e. The highest BCUT2D eigenvalue weighted by Gasteiger charge is 2.26. The molecule has 1 fully saturated rings. The van der Waals surface area contributed by atoms with Crippen molar-refractivity contribution in [1.29, 1.82) is 0 Å². The van der Waals surface area contributed by atoms with Gasteiger partial charge in [-0.2, -0.15) is 4.98 Å². The average Bonchev–Trinajstić information content (AvgIpc) is 2.85. The second kappa shape index (κ2) is 5.95. The van der Waals surface area contributed by atoms with Crippen LogP contribution in [0.2, 0.25) is 0 Å². The third-order valence-corrected chi connectivity index (χ3v) is 3.25. The molecule has 2 N–H and O–H groups in total. The predicted octanol–water partition coefficient (Wildman–Crippen LogP) is 1.88. The fourth-order valence-electron chi connectivity index (χ4n) is 2.22. The minimum absolute atomic E-state index is 0.246. The Morgan fingerprint density at radius 3 is 3.11 bits per heavy atom. The maximum Gasteiger partial charge on any atom is 0.224 e. The van der Waals surface area contributed by atoms with E-state index in [0.29, 0.717) is 18.4 Å². The van der Waals surface area contributed by atoms with Gasteiger partial charge in [-0.3, -0.25) is 0 Å². The van der Waals surface area contributed by atoms with Crippen LogP contribution >= 0.6 is 0 Å². The Balaban J connectivity index is 1.97. The zero-order valence-corrected chi connectivity index (χ0v) is 10.7. The van der Waals surface area contributed by atoms with Crippen LogP contribution < -0.4 is 10.6 Å². The van der Waals surface area contributed by atoms with Gasteiger partial charge in [-0.1, -0.05) is 6.92 Å². The lowest BCUT2D eigenvalue weighted by molar-refractivity contribution is 0.0900. The van der Waals surface area contributed by atoms with Crippen molar-refractivity contribution in [3.63, 3.8) is 0 Å². The van der Waals surface area contributed by atoms with Gasteiger partial charge in [0.25, 0.3) is 0 Å². The van der Waals surface area contributed by atoms with Crippen LogP contribution in [0.3, 0.4) is 0 Å². The summed E-state index contributed by atoms with van der Waals surface area (Å²) < 4.78 is 19.1. The number of nitrogens with zero attached hydrogens (tertiary/aromatic N) is 2. The summed E-state index contributed by atoms with van der Waals surface area (Å²) in [5, 5.41) is 5.84. The van der Waals surface area contributed by atoms with E-state index in [2.05, 4.69) is 27.5 Å². The van der Waals surface area contributed by atoms with Crippen molar-refractivity contribution >= 4 is 11.8 Å². The van der Waals surface area contributed by atoms with Crippen LogP contribution in [0.5, 0.6) is 0 Å². The third kappa shape index (κ3) is 2.87. The first kappa shape index (κ1) is 13.0. The molecular weight excluding hydrogens is 235 g/mol. The van der Waals surface area contributed by atoms with Crippen molar-refractivity contribution in [3.8, 4) is 0 Å². The number of aromatic nitrogens is 2. The molecule has 100 valence electrons. The topological polar surface area (TPSA) is 59.1 Å². The molecule has 0 aliphatic carbocycles. The molecule has 1 aromatic rings. The summed E-state index contributed by atoms with van der Waals surface area (Å²) in [4.78, 5) is 7.86. The van der Waals surface area contributed by atoms with E-state index in [9.17, 15) is 4.39 Å². The van der Waals surface area contributed by atoms with Gasteiger partial charge in [0.2, 0.25) is 5.95 Å². The second-order valence-electron chi connectivity index (χ2n) is 4.39. The van der Waals surface area contributed by atoms with Crippen molar-refractivity contribution in [2.75, 3.05) is 30.8 Å². The van der Waals surface area contributed by atoms with Gasteiger partial charge < -0.3 is 15.4 Å². The molecule has 1 aliphatic rings. The van der Waals surface area contributed by atoms with E-state index >= 15 is 0 Å². The van der Waals surface area contributed by atoms with Crippen LogP contribution in [0.4, 0.5) is 16.2 Å². The molecule has 2 atom stereocenters. The van der Waals surface area contributed by atoms with Crippen molar-refractivity contribution < 1.29 is 9.13 Å². The number of hydrogen-bond acceptors (Lipinski definition) is 5. The van der Waals surface area contributed by atoms with Crippen LogP contribution in [0.15, 0.2) is 6.20 Å². The van der Waals surface area contributed by atoms with Crippen LogP contribution in [0.1, 0.15) is 19.8 Å². The van der Waals surface area contributed by atoms with Crippen LogP contribution in [-0.4, -0.2) is 36.3 Å². The molecule has 0 aromatic carbocycles. The Morgan fingerprint density at radius 1 is 1.56 bits per heavy atom. The van der Waals surface area contributed by atoms with E-state index in [1.807, 2.05) is 0 Å². The van der Waals surface area contributed by atoms with Gasteiger partial charge in [0.05, 0.1) is 12.3 Å². The summed E-state index contributed by atoms with van der Waals surface area (Å²) >= 11 is 0. The largest absolute Gasteiger partial charge is 0.378 e. The molecule has 5 nitrogen and oxygen atoms in total. The Hall–Kier alpha value is -1.43. The van der Waals surface area contributed by atoms with Gasteiger partial charge in [0.1, 0.15) is 0 Å². The van der Waals surface area contributed by atoms with Gasteiger partial charge >= 0.3 is 0 Å². The molecule has 2 unspecified atom stereocenters. The summed E-state index contributed by atoms with van der Waals surface area (Å²) in [6, 6.07) is 0. The van der Waals surface area contributed by atoms with Gasteiger partial charge in [-0.15, -0.1) is 0 Å². The molecule has 0 saturated carbocycles. The van der Waals surface area contributed by atoms with Crippen LogP contribution in [0.25, 0.3) is 0 Å². The highest BCUT2D eigenvalue weighted by Crippen LogP contribution is 2.24. The van der Waals surface area contributed by atoms with Gasteiger partial charge in [0, 0.05) is 26.1 Å². The number of ether oxygens (including phenoxy) is 1. The maximum atomic E-state index is 13.5. The first-order valence-electron chi connectivity index (χ1n) is 6.30. The average molecular weight is 254 g/mol. The SMILES string of the molecule is CCC1OCCC1CNc1nc(NC)ncc1F. The number of nitrogens with one attached hydrogen (secondary N) is 2. The molecule has 0 radical (unpaired) electrons. The molecule has 2 heterocycles. The number of hydrogen-bond donors (Lipinski definition) is 2. The van der Waals surface area contributed by atoms with Crippen LogP contribution in [-0.2, 0) is 4.74 Å². The van der Waals surface area contributed by atoms with Gasteiger partial charge in [-0.05, 0) is 12.8 Å². The summed E-state index contributed by atoms with van der Waals surface area (Å²) in [5.41, 5.74) is 0. The van der Waals surface area contributed by atoms with E-state index in [0.717, 1.165) is 19.4 Å². The molecule has 2 rings (SSSR count). The highest BCUT2D eigenvalue weighted by molar-refractivity contribution is 5.40. The van der Waals surface area contributed by atoms with E-state index in [1.54, 1.807) is 7.05 Å². The molecule has 1 aromatic heterocycles. The number of halogens is 1.